The average molecular weight is 325 g/mol. The van der Waals surface area contributed by atoms with Crippen molar-refractivity contribution in [2.45, 2.75) is 94.4 Å². The number of carboxylic acid groups (broad SMARTS) is 1. The van der Waals surface area contributed by atoms with E-state index in [1.807, 2.05) is 13.8 Å². The third kappa shape index (κ3) is 7.10. The maximum atomic E-state index is 11.5. The van der Waals surface area contributed by atoms with Crippen LogP contribution in [0.25, 0.3) is 0 Å². The van der Waals surface area contributed by atoms with E-state index in [4.69, 9.17) is 0 Å². The SMILES string of the molecule is CCCCC(C)(C)C/C=C\C(C)(C)C(C)(C)CC(C)(C)C(=O)O. The van der Waals surface area contributed by atoms with Crippen LogP contribution < -0.4 is 0 Å². The molecule has 0 amide bonds. The van der Waals surface area contributed by atoms with Gasteiger partial charge in [0.25, 0.3) is 0 Å². The van der Waals surface area contributed by atoms with Crippen LogP contribution in [0.5, 0.6) is 0 Å². The number of allylic oxidation sites excluding steroid dienone is 2. The zero-order valence-electron chi connectivity index (χ0n) is 17.0. The molecule has 136 valence electrons. The van der Waals surface area contributed by atoms with Gasteiger partial charge < -0.3 is 5.11 Å². The highest BCUT2D eigenvalue weighted by molar-refractivity contribution is 5.73. The van der Waals surface area contributed by atoms with E-state index in [2.05, 4.69) is 60.6 Å². The molecule has 0 radical (unpaired) electrons. The second-order valence-corrected chi connectivity index (χ2v) is 9.85. The number of hydrogen-bond donors (Lipinski definition) is 1. The molecule has 0 saturated carbocycles. The van der Waals surface area contributed by atoms with E-state index in [0.717, 1.165) is 6.42 Å². The number of carboxylic acids is 1. The molecule has 0 unspecified atom stereocenters. The summed E-state index contributed by atoms with van der Waals surface area (Å²) in [6.45, 7) is 19.4. The monoisotopic (exact) mass is 324 g/mol. The number of rotatable bonds is 10. The lowest BCUT2D eigenvalue weighted by Crippen LogP contribution is -2.38. The Kier molecular flexibility index (Phi) is 7.59. The molecule has 0 fully saturated rings. The fraction of sp³-hybridized carbons (Fsp3) is 0.857. The third-order valence-corrected chi connectivity index (χ3v) is 5.62. The van der Waals surface area contributed by atoms with Crippen LogP contribution >= 0.6 is 0 Å². The highest BCUT2D eigenvalue weighted by Gasteiger charge is 2.42. The summed E-state index contributed by atoms with van der Waals surface area (Å²) < 4.78 is 0. The zero-order chi connectivity index (χ0) is 18.5. The van der Waals surface area contributed by atoms with E-state index in [0.29, 0.717) is 11.8 Å². The second kappa shape index (κ2) is 7.85. The van der Waals surface area contributed by atoms with Crippen LogP contribution in [0.4, 0.5) is 0 Å². The first kappa shape index (κ1) is 22.2. The van der Waals surface area contributed by atoms with Gasteiger partial charge in [-0.2, -0.15) is 0 Å². The van der Waals surface area contributed by atoms with Gasteiger partial charge in [0.15, 0.2) is 0 Å². The molecule has 0 atom stereocenters. The molecule has 0 heterocycles. The van der Waals surface area contributed by atoms with Gasteiger partial charge in [-0.25, -0.2) is 0 Å². The van der Waals surface area contributed by atoms with Crippen molar-refractivity contribution >= 4 is 5.97 Å². The first-order valence-electron chi connectivity index (χ1n) is 9.08. The molecular weight excluding hydrogens is 284 g/mol. The van der Waals surface area contributed by atoms with Crippen LogP contribution in [-0.4, -0.2) is 11.1 Å². The van der Waals surface area contributed by atoms with Gasteiger partial charge in [0.05, 0.1) is 5.41 Å². The van der Waals surface area contributed by atoms with E-state index in [1.54, 1.807) is 0 Å². The Labute approximate surface area is 144 Å². The summed E-state index contributed by atoms with van der Waals surface area (Å²) in [6.07, 6.45) is 10.1. The van der Waals surface area contributed by atoms with Crippen LogP contribution in [-0.2, 0) is 4.79 Å². The van der Waals surface area contributed by atoms with Crippen LogP contribution in [0.3, 0.4) is 0 Å². The van der Waals surface area contributed by atoms with E-state index in [-0.39, 0.29) is 10.8 Å². The normalized spacial score (nSPS) is 14.5. The molecule has 0 spiro atoms. The van der Waals surface area contributed by atoms with E-state index in [1.165, 1.54) is 19.3 Å². The van der Waals surface area contributed by atoms with Crippen LogP contribution in [0.2, 0.25) is 0 Å². The predicted molar refractivity (Wildman–Crippen MR) is 101 cm³/mol. The lowest BCUT2D eigenvalue weighted by Gasteiger charge is -2.43. The fourth-order valence-electron chi connectivity index (χ4n) is 3.06. The third-order valence-electron chi connectivity index (χ3n) is 5.62. The summed E-state index contributed by atoms with van der Waals surface area (Å²) >= 11 is 0. The minimum Gasteiger partial charge on any atom is -0.481 e. The number of hydrogen-bond acceptors (Lipinski definition) is 1. The molecule has 2 heteroatoms. The topological polar surface area (TPSA) is 37.3 Å². The maximum Gasteiger partial charge on any atom is 0.309 e. The molecule has 0 rings (SSSR count). The summed E-state index contributed by atoms with van der Waals surface area (Å²) in [5, 5.41) is 9.42. The Morgan fingerprint density at radius 1 is 1.00 bits per heavy atom. The van der Waals surface area contributed by atoms with Gasteiger partial charge >= 0.3 is 5.97 Å². The Bertz CT molecular complexity index is 412. The van der Waals surface area contributed by atoms with Crippen molar-refractivity contribution in [3.8, 4) is 0 Å². The summed E-state index contributed by atoms with van der Waals surface area (Å²) in [4.78, 5) is 11.5. The number of aliphatic carboxylic acids is 1. The molecule has 23 heavy (non-hydrogen) atoms. The molecule has 0 aliphatic rings. The van der Waals surface area contributed by atoms with Crippen molar-refractivity contribution in [2.24, 2.45) is 21.7 Å². The van der Waals surface area contributed by atoms with E-state index < -0.39 is 11.4 Å². The minimum atomic E-state index is -0.717. The molecular formula is C21H40O2. The van der Waals surface area contributed by atoms with Crippen molar-refractivity contribution < 1.29 is 9.90 Å². The highest BCUT2D eigenvalue weighted by atomic mass is 16.4. The minimum absolute atomic E-state index is 0.0411. The summed E-state index contributed by atoms with van der Waals surface area (Å²) in [7, 11) is 0. The summed E-state index contributed by atoms with van der Waals surface area (Å²) in [5.41, 5.74) is -0.485. The summed E-state index contributed by atoms with van der Waals surface area (Å²) in [6, 6.07) is 0. The molecule has 0 aliphatic carbocycles. The van der Waals surface area contributed by atoms with Crippen molar-refractivity contribution in [1.82, 2.24) is 0 Å². The average Bonchev–Trinajstić information content (AvgIpc) is 2.34. The second-order valence-electron chi connectivity index (χ2n) is 9.85. The van der Waals surface area contributed by atoms with Crippen molar-refractivity contribution in [2.75, 3.05) is 0 Å². The molecule has 0 aliphatic heterocycles. The highest BCUT2D eigenvalue weighted by Crippen LogP contribution is 2.47. The van der Waals surface area contributed by atoms with Crippen molar-refractivity contribution in [1.29, 1.82) is 0 Å². The predicted octanol–water partition coefficient (Wildman–Crippen LogP) is 6.70. The molecule has 1 N–H and O–H groups in total. The fourth-order valence-corrected chi connectivity index (χ4v) is 3.06. The number of unbranched alkanes of at least 4 members (excludes halogenated alkanes) is 1. The Hall–Kier alpha value is -0.790. The van der Waals surface area contributed by atoms with Gasteiger partial charge in [0.1, 0.15) is 0 Å². The molecule has 0 aromatic heterocycles. The lowest BCUT2D eigenvalue weighted by atomic mass is 9.61. The van der Waals surface area contributed by atoms with Crippen LogP contribution in [0, 0.1) is 21.7 Å². The molecule has 0 bridgehead atoms. The maximum absolute atomic E-state index is 11.5. The molecule has 0 aromatic rings. The van der Waals surface area contributed by atoms with Gasteiger partial charge in [-0.1, -0.05) is 73.5 Å². The number of carbonyl (C=O) groups is 1. The summed E-state index contributed by atoms with van der Waals surface area (Å²) in [5.74, 6) is -0.717. The Morgan fingerprint density at radius 2 is 1.52 bits per heavy atom. The van der Waals surface area contributed by atoms with Gasteiger partial charge in [0, 0.05) is 0 Å². The van der Waals surface area contributed by atoms with E-state index >= 15 is 0 Å². The Morgan fingerprint density at radius 3 is 1.96 bits per heavy atom. The van der Waals surface area contributed by atoms with Crippen LogP contribution in [0.1, 0.15) is 94.4 Å². The molecule has 0 saturated heterocycles. The van der Waals surface area contributed by atoms with Gasteiger partial charge in [-0.3, -0.25) is 4.79 Å². The quantitative estimate of drug-likeness (QED) is 0.454. The van der Waals surface area contributed by atoms with E-state index in [9.17, 15) is 9.90 Å². The smallest absolute Gasteiger partial charge is 0.309 e. The largest absolute Gasteiger partial charge is 0.481 e. The van der Waals surface area contributed by atoms with Crippen molar-refractivity contribution in [3.63, 3.8) is 0 Å². The molecule has 2 nitrogen and oxygen atoms in total. The lowest BCUT2D eigenvalue weighted by molar-refractivity contribution is -0.149. The van der Waals surface area contributed by atoms with Gasteiger partial charge in [-0.15, -0.1) is 0 Å². The standard InChI is InChI=1S/C21H40O2/c1-10-11-13-18(2,3)14-12-15-20(6,7)21(8,9)16-19(4,5)17(22)23/h12,15H,10-11,13-14,16H2,1-9H3,(H,22,23)/b15-12-. The molecule has 0 aromatic carbocycles. The van der Waals surface area contributed by atoms with Gasteiger partial charge in [-0.05, 0) is 49.4 Å². The zero-order valence-corrected chi connectivity index (χ0v) is 17.0. The van der Waals surface area contributed by atoms with Crippen molar-refractivity contribution in [3.05, 3.63) is 12.2 Å². The van der Waals surface area contributed by atoms with Gasteiger partial charge in [0.2, 0.25) is 0 Å². The Balaban J connectivity index is 4.96. The first-order valence-corrected chi connectivity index (χ1v) is 9.08. The first-order chi connectivity index (χ1) is 10.2. The van der Waals surface area contributed by atoms with Crippen LogP contribution in [0.15, 0.2) is 12.2 Å².